The highest BCUT2D eigenvalue weighted by atomic mass is 79.9. The lowest BCUT2D eigenvalue weighted by molar-refractivity contribution is -0.131. The molecule has 1 aliphatic rings. The number of nitrogens with two attached hydrogens (primary N) is 1. The molecule has 1 amide bonds. The molecule has 110 valence electrons. The van der Waals surface area contributed by atoms with E-state index in [2.05, 4.69) is 15.9 Å². The minimum atomic E-state index is 0.213. The van der Waals surface area contributed by atoms with Crippen LogP contribution < -0.4 is 10.5 Å². The third kappa shape index (κ3) is 3.52. The summed E-state index contributed by atoms with van der Waals surface area (Å²) in [4.78, 5) is 14.2. The topological polar surface area (TPSA) is 55.6 Å². The van der Waals surface area contributed by atoms with Crippen molar-refractivity contribution >= 4 is 21.8 Å². The van der Waals surface area contributed by atoms with Gasteiger partial charge in [-0.1, -0.05) is 6.07 Å². The van der Waals surface area contributed by atoms with Crippen molar-refractivity contribution in [2.24, 2.45) is 5.73 Å². The summed E-state index contributed by atoms with van der Waals surface area (Å²) in [6.07, 6.45) is 3.39. The molecule has 1 aromatic rings. The van der Waals surface area contributed by atoms with Gasteiger partial charge in [0.05, 0.1) is 11.6 Å². The number of nitrogens with zero attached hydrogens (tertiary/aromatic N) is 1. The van der Waals surface area contributed by atoms with Crippen LogP contribution in [0.5, 0.6) is 5.75 Å². The van der Waals surface area contributed by atoms with Gasteiger partial charge in [-0.2, -0.15) is 0 Å². The number of aryl methyl sites for hydroxylation is 1. The van der Waals surface area contributed by atoms with Gasteiger partial charge in [0.2, 0.25) is 5.91 Å². The van der Waals surface area contributed by atoms with E-state index in [1.54, 1.807) is 7.11 Å². The summed E-state index contributed by atoms with van der Waals surface area (Å²) < 4.78 is 6.12. The van der Waals surface area contributed by atoms with Crippen molar-refractivity contribution in [1.82, 2.24) is 4.90 Å². The smallest absolute Gasteiger partial charge is 0.223 e. The van der Waals surface area contributed by atoms with Crippen LogP contribution >= 0.6 is 15.9 Å². The molecule has 20 heavy (non-hydrogen) atoms. The van der Waals surface area contributed by atoms with Crippen LogP contribution in [-0.4, -0.2) is 37.0 Å². The van der Waals surface area contributed by atoms with Crippen molar-refractivity contribution in [3.63, 3.8) is 0 Å². The van der Waals surface area contributed by atoms with Crippen molar-refractivity contribution in [2.45, 2.75) is 31.7 Å². The van der Waals surface area contributed by atoms with Gasteiger partial charge in [0.1, 0.15) is 5.75 Å². The van der Waals surface area contributed by atoms with Crippen molar-refractivity contribution in [3.05, 3.63) is 28.2 Å². The number of hydrogen-bond acceptors (Lipinski definition) is 3. The highest BCUT2D eigenvalue weighted by Gasteiger charge is 2.26. The Morgan fingerprint density at radius 2 is 2.35 bits per heavy atom. The zero-order valence-electron chi connectivity index (χ0n) is 11.8. The largest absolute Gasteiger partial charge is 0.496 e. The molecule has 2 N–H and O–H groups in total. The molecule has 1 fully saturated rings. The Morgan fingerprint density at radius 1 is 1.55 bits per heavy atom. The minimum Gasteiger partial charge on any atom is -0.496 e. The average Bonchev–Trinajstić information content (AvgIpc) is 2.93. The highest BCUT2D eigenvalue weighted by molar-refractivity contribution is 9.10. The van der Waals surface area contributed by atoms with Crippen molar-refractivity contribution in [2.75, 3.05) is 20.2 Å². The molecule has 1 saturated heterocycles. The number of ether oxygens (including phenoxy) is 1. The summed E-state index contributed by atoms with van der Waals surface area (Å²) in [7, 11) is 1.64. The molecule has 0 aliphatic carbocycles. The van der Waals surface area contributed by atoms with Crippen LogP contribution in [0.25, 0.3) is 0 Å². The minimum absolute atomic E-state index is 0.213. The predicted octanol–water partition coefficient (Wildman–Crippen LogP) is 2.34. The second-order valence-electron chi connectivity index (χ2n) is 5.09. The quantitative estimate of drug-likeness (QED) is 0.894. The summed E-state index contributed by atoms with van der Waals surface area (Å²) in [5.74, 6) is 1.02. The Morgan fingerprint density at radius 3 is 3.00 bits per heavy atom. The van der Waals surface area contributed by atoms with E-state index >= 15 is 0 Å². The van der Waals surface area contributed by atoms with Crippen LogP contribution in [-0.2, 0) is 11.2 Å². The van der Waals surface area contributed by atoms with Gasteiger partial charge in [0.15, 0.2) is 0 Å². The average molecular weight is 341 g/mol. The highest BCUT2D eigenvalue weighted by Crippen LogP contribution is 2.26. The van der Waals surface area contributed by atoms with Gasteiger partial charge in [-0.3, -0.25) is 4.79 Å². The molecule has 1 aromatic carbocycles. The molecule has 1 aliphatic heterocycles. The van der Waals surface area contributed by atoms with Crippen LogP contribution in [0.2, 0.25) is 0 Å². The Bertz CT molecular complexity index is 479. The lowest BCUT2D eigenvalue weighted by Crippen LogP contribution is -2.39. The standard InChI is InChI=1S/C15H21BrN2O2/c1-20-14-6-4-11(9-13(14)16)5-7-15(19)18-8-2-3-12(18)10-17/h4,6,9,12H,2-3,5,7-8,10,17H2,1H3/t12-/m0/s1. The summed E-state index contributed by atoms with van der Waals surface area (Å²) in [5, 5.41) is 0. The third-order valence-electron chi connectivity index (χ3n) is 3.81. The molecule has 4 nitrogen and oxygen atoms in total. The summed E-state index contributed by atoms with van der Waals surface area (Å²) in [5.41, 5.74) is 6.84. The SMILES string of the molecule is COc1ccc(CCC(=O)N2CCC[C@H]2CN)cc1Br. The van der Waals surface area contributed by atoms with Gasteiger partial charge in [0, 0.05) is 25.6 Å². The molecule has 0 saturated carbocycles. The maximum absolute atomic E-state index is 12.2. The molecule has 2 rings (SSSR count). The first-order chi connectivity index (χ1) is 9.65. The van der Waals surface area contributed by atoms with Crippen molar-refractivity contribution in [1.29, 1.82) is 0 Å². The van der Waals surface area contributed by atoms with E-state index in [-0.39, 0.29) is 11.9 Å². The van der Waals surface area contributed by atoms with Crippen LogP contribution in [0.1, 0.15) is 24.8 Å². The monoisotopic (exact) mass is 340 g/mol. The van der Waals surface area contributed by atoms with E-state index in [4.69, 9.17) is 10.5 Å². The number of rotatable bonds is 5. The summed E-state index contributed by atoms with van der Waals surface area (Å²) >= 11 is 3.46. The lowest BCUT2D eigenvalue weighted by Gasteiger charge is -2.23. The number of carbonyl (C=O) groups is 1. The fourth-order valence-corrected chi connectivity index (χ4v) is 3.26. The zero-order valence-corrected chi connectivity index (χ0v) is 13.4. The van der Waals surface area contributed by atoms with Crippen molar-refractivity contribution < 1.29 is 9.53 Å². The van der Waals surface area contributed by atoms with Gasteiger partial charge < -0.3 is 15.4 Å². The van der Waals surface area contributed by atoms with E-state index < -0.39 is 0 Å². The van der Waals surface area contributed by atoms with Gasteiger partial charge in [0.25, 0.3) is 0 Å². The molecular weight excluding hydrogens is 320 g/mol. The van der Waals surface area contributed by atoms with Gasteiger partial charge >= 0.3 is 0 Å². The Kier molecular flexibility index (Phi) is 5.43. The van der Waals surface area contributed by atoms with Crippen LogP contribution in [0.4, 0.5) is 0 Å². The van der Waals surface area contributed by atoms with E-state index in [0.717, 1.165) is 41.6 Å². The fourth-order valence-electron chi connectivity index (χ4n) is 2.67. The normalized spacial score (nSPS) is 18.4. The first-order valence-corrected chi connectivity index (χ1v) is 7.77. The van der Waals surface area contributed by atoms with Crippen LogP contribution in [0.15, 0.2) is 22.7 Å². The predicted molar refractivity (Wildman–Crippen MR) is 82.8 cm³/mol. The molecule has 0 bridgehead atoms. The number of halogens is 1. The van der Waals surface area contributed by atoms with E-state index in [9.17, 15) is 4.79 Å². The van der Waals surface area contributed by atoms with E-state index in [1.807, 2.05) is 23.1 Å². The van der Waals surface area contributed by atoms with Gasteiger partial charge in [-0.25, -0.2) is 0 Å². The van der Waals surface area contributed by atoms with Crippen LogP contribution in [0, 0.1) is 0 Å². The first-order valence-electron chi connectivity index (χ1n) is 6.97. The lowest BCUT2D eigenvalue weighted by atomic mass is 10.1. The fraction of sp³-hybridized carbons (Fsp3) is 0.533. The number of methoxy groups -OCH3 is 1. The molecule has 1 atom stereocenters. The maximum Gasteiger partial charge on any atom is 0.223 e. The maximum atomic E-state index is 12.2. The number of carbonyl (C=O) groups excluding carboxylic acids is 1. The summed E-state index contributed by atoms with van der Waals surface area (Å²) in [6, 6.07) is 6.17. The number of amides is 1. The second kappa shape index (κ2) is 7.09. The van der Waals surface area contributed by atoms with Crippen LogP contribution in [0.3, 0.4) is 0 Å². The van der Waals surface area contributed by atoms with Gasteiger partial charge in [-0.05, 0) is 52.9 Å². The molecule has 0 unspecified atom stereocenters. The molecule has 5 heteroatoms. The Balaban J connectivity index is 1.91. The molecule has 1 heterocycles. The second-order valence-corrected chi connectivity index (χ2v) is 5.94. The van der Waals surface area contributed by atoms with E-state index in [0.29, 0.717) is 13.0 Å². The summed E-state index contributed by atoms with van der Waals surface area (Å²) in [6.45, 7) is 1.42. The van der Waals surface area contributed by atoms with Gasteiger partial charge in [-0.15, -0.1) is 0 Å². The number of hydrogen-bond donors (Lipinski definition) is 1. The number of benzene rings is 1. The van der Waals surface area contributed by atoms with E-state index in [1.165, 1.54) is 0 Å². The Labute approximate surface area is 128 Å². The van der Waals surface area contributed by atoms with Crippen molar-refractivity contribution in [3.8, 4) is 5.75 Å². The number of likely N-dealkylation sites (tertiary alicyclic amines) is 1. The molecule has 0 spiro atoms. The third-order valence-corrected chi connectivity index (χ3v) is 4.43. The molecule has 0 aromatic heterocycles. The Hall–Kier alpha value is -1.07. The molecule has 0 radical (unpaired) electrons. The molecular formula is C15H21BrN2O2. The first kappa shape index (κ1) is 15.3. The zero-order chi connectivity index (χ0) is 14.5.